The van der Waals surface area contributed by atoms with E-state index in [1.165, 1.54) is 69.6 Å². The third kappa shape index (κ3) is 6.78. The first-order valence-electron chi connectivity index (χ1n) is 23.8. The lowest BCUT2D eigenvalue weighted by Crippen LogP contribution is -2.10. The average Bonchev–Trinajstić information content (AvgIpc) is 4.01. The molecule has 328 valence electrons. The number of anilines is 6. The zero-order valence-electron chi connectivity index (χ0n) is 37.9. The van der Waals surface area contributed by atoms with Crippen molar-refractivity contribution in [1.29, 1.82) is 0 Å². The van der Waals surface area contributed by atoms with E-state index in [-0.39, 0.29) is 0 Å². The highest BCUT2D eigenvalue weighted by Gasteiger charge is 2.20. The summed E-state index contributed by atoms with van der Waals surface area (Å²) in [5.74, 6) is 0. The molecule has 0 fully saturated rings. The lowest BCUT2D eigenvalue weighted by Gasteiger charge is -2.27. The number of para-hydroxylation sites is 3. The van der Waals surface area contributed by atoms with Gasteiger partial charge in [-0.1, -0.05) is 133 Å². The molecule has 2 aromatic heterocycles. The first kappa shape index (κ1) is 40.1. The third-order valence-electron chi connectivity index (χ3n) is 13.9. The monoisotopic (exact) mass is 910 g/mol. The van der Waals surface area contributed by atoms with Crippen molar-refractivity contribution in [2.45, 2.75) is 0 Å². The molecule has 0 spiro atoms. The van der Waals surface area contributed by atoms with Crippen LogP contribution in [0.3, 0.4) is 0 Å². The van der Waals surface area contributed by atoms with E-state index in [9.17, 15) is 0 Å². The van der Waals surface area contributed by atoms with Gasteiger partial charge in [0.15, 0.2) is 0 Å². The van der Waals surface area contributed by atoms with Crippen molar-refractivity contribution < 1.29 is 0 Å². The van der Waals surface area contributed by atoms with Crippen LogP contribution in [-0.4, -0.2) is 9.55 Å². The minimum absolute atomic E-state index is 1.03. The third-order valence-corrected chi connectivity index (χ3v) is 15.0. The number of nitrogens with zero attached hydrogens (tertiary/aromatic N) is 4. The fraction of sp³-hybridized carbons (Fsp3) is 0. The van der Waals surface area contributed by atoms with Gasteiger partial charge in [-0.15, -0.1) is 11.3 Å². The van der Waals surface area contributed by atoms with E-state index in [1.54, 1.807) is 11.3 Å². The van der Waals surface area contributed by atoms with Crippen LogP contribution in [0, 0.1) is 0 Å². The highest BCUT2D eigenvalue weighted by Crippen LogP contribution is 2.44. The fourth-order valence-electron chi connectivity index (χ4n) is 10.6. The van der Waals surface area contributed by atoms with Crippen molar-refractivity contribution in [1.82, 2.24) is 9.55 Å². The zero-order chi connectivity index (χ0) is 46.1. The Morgan fingerprint density at radius 1 is 0.314 bits per heavy atom. The number of rotatable bonds is 8. The lowest BCUT2D eigenvalue weighted by molar-refractivity contribution is 1.18. The zero-order valence-corrected chi connectivity index (χ0v) is 38.8. The van der Waals surface area contributed by atoms with E-state index >= 15 is 0 Å². The smallest absolute Gasteiger partial charge is 0.124 e. The molecule has 14 aromatic rings. The number of thiazole rings is 1. The predicted molar refractivity (Wildman–Crippen MR) is 299 cm³/mol. The van der Waals surface area contributed by atoms with Crippen LogP contribution < -0.4 is 9.80 Å². The molecule has 4 nitrogen and oxygen atoms in total. The first-order valence-corrected chi connectivity index (χ1v) is 24.6. The van der Waals surface area contributed by atoms with Gasteiger partial charge in [0.05, 0.1) is 21.3 Å². The summed E-state index contributed by atoms with van der Waals surface area (Å²) in [4.78, 5) is 9.74. The Balaban J connectivity index is 0.882. The molecule has 0 saturated carbocycles. The van der Waals surface area contributed by atoms with Crippen LogP contribution in [0.1, 0.15) is 0 Å². The van der Waals surface area contributed by atoms with Gasteiger partial charge in [0, 0.05) is 56.1 Å². The standard InChI is InChI=1S/C65H42N4S/c1-2-16-50(17-3-1)69-62-20-10-8-18-59(62)60-42-56(34-37-63(60)69)68(53-31-25-44-13-5-7-15-47(44)39-53)55-33-36-58-49(41-55)23-22-48-40-54(32-35-57(48)58)67(52-30-24-43-12-4-6-14-46(43)38-52)51-28-26-45(27-29-51)65-66-61-19-9-11-21-64(61)70-65/h1-42H. The summed E-state index contributed by atoms with van der Waals surface area (Å²) in [7, 11) is 0. The van der Waals surface area contributed by atoms with Gasteiger partial charge in [-0.2, -0.15) is 0 Å². The number of fused-ring (bicyclic) bond motifs is 9. The molecule has 2 heterocycles. The molecule has 12 aromatic carbocycles. The first-order chi connectivity index (χ1) is 34.7. The summed E-state index contributed by atoms with van der Waals surface area (Å²) in [6.45, 7) is 0. The molecule has 0 saturated heterocycles. The molecule has 0 atom stereocenters. The van der Waals surface area contributed by atoms with Gasteiger partial charge >= 0.3 is 0 Å². The average molecular weight is 911 g/mol. The molecule has 70 heavy (non-hydrogen) atoms. The number of hydrogen-bond acceptors (Lipinski definition) is 4. The molecule has 0 aliphatic heterocycles. The van der Waals surface area contributed by atoms with Crippen molar-refractivity contribution in [3.05, 3.63) is 255 Å². The van der Waals surface area contributed by atoms with Crippen molar-refractivity contribution in [3.8, 4) is 16.3 Å². The SMILES string of the molecule is c1ccc(-n2c3ccccc3c3cc(N(c4ccc5ccccc5c4)c4ccc5c(ccc6cc(N(c7ccc(-c8nc9ccccc9s8)cc7)c7ccc8ccccc8c7)ccc65)c4)ccc32)cc1. The predicted octanol–water partition coefficient (Wildman–Crippen LogP) is 18.6. The van der Waals surface area contributed by atoms with Crippen molar-refractivity contribution in [3.63, 3.8) is 0 Å². The van der Waals surface area contributed by atoms with Crippen molar-refractivity contribution in [2.75, 3.05) is 9.80 Å². The van der Waals surface area contributed by atoms with Gasteiger partial charge in [-0.05, 0) is 164 Å². The Hall–Kier alpha value is -9.03. The van der Waals surface area contributed by atoms with Crippen LogP contribution >= 0.6 is 11.3 Å². The maximum absolute atomic E-state index is 4.96. The molecular weight excluding hydrogens is 869 g/mol. The molecule has 14 rings (SSSR count). The molecule has 0 N–H and O–H groups in total. The molecule has 5 heteroatoms. The van der Waals surface area contributed by atoms with E-state index in [0.29, 0.717) is 0 Å². The van der Waals surface area contributed by atoms with E-state index in [4.69, 9.17) is 4.98 Å². The minimum atomic E-state index is 1.03. The lowest BCUT2D eigenvalue weighted by atomic mass is 9.99. The second-order valence-electron chi connectivity index (χ2n) is 18.0. The highest BCUT2D eigenvalue weighted by atomic mass is 32.1. The van der Waals surface area contributed by atoms with Gasteiger partial charge in [0.1, 0.15) is 5.01 Å². The maximum atomic E-state index is 4.96. The summed E-state index contributed by atoms with van der Waals surface area (Å²) >= 11 is 1.73. The molecule has 0 aliphatic carbocycles. The fourth-order valence-corrected chi connectivity index (χ4v) is 11.5. The molecule has 0 bridgehead atoms. The van der Waals surface area contributed by atoms with Gasteiger partial charge in [-0.25, -0.2) is 4.98 Å². The summed E-state index contributed by atoms with van der Waals surface area (Å²) in [6, 6.07) is 92.7. The van der Waals surface area contributed by atoms with Crippen molar-refractivity contribution >= 4 is 121 Å². The minimum Gasteiger partial charge on any atom is -0.310 e. The van der Waals surface area contributed by atoms with Crippen LogP contribution in [0.25, 0.3) is 91.4 Å². The Kier molecular flexibility index (Phi) is 9.36. The van der Waals surface area contributed by atoms with Gasteiger partial charge in [-0.3, -0.25) is 0 Å². The molecule has 0 aliphatic rings. The second kappa shape index (κ2) is 16.3. The van der Waals surface area contributed by atoms with Crippen LogP contribution in [-0.2, 0) is 0 Å². The summed E-state index contributed by atoms with van der Waals surface area (Å²) < 4.78 is 3.58. The van der Waals surface area contributed by atoms with E-state index in [1.807, 2.05) is 0 Å². The van der Waals surface area contributed by atoms with Crippen molar-refractivity contribution in [2.24, 2.45) is 0 Å². The number of aromatic nitrogens is 2. The largest absolute Gasteiger partial charge is 0.310 e. The van der Waals surface area contributed by atoms with E-state index in [2.05, 4.69) is 269 Å². The molecule has 0 amide bonds. The number of benzene rings is 12. The van der Waals surface area contributed by atoms with Gasteiger partial charge < -0.3 is 14.4 Å². The Bertz CT molecular complexity index is 4290. The van der Waals surface area contributed by atoms with Crippen LogP contribution in [0.4, 0.5) is 34.1 Å². The van der Waals surface area contributed by atoms with Gasteiger partial charge in [0.2, 0.25) is 0 Å². The van der Waals surface area contributed by atoms with Crippen LogP contribution in [0.2, 0.25) is 0 Å². The van der Waals surface area contributed by atoms with Crippen LogP contribution in [0.15, 0.2) is 255 Å². The number of hydrogen-bond donors (Lipinski definition) is 0. The van der Waals surface area contributed by atoms with Gasteiger partial charge in [0.25, 0.3) is 0 Å². The topological polar surface area (TPSA) is 24.3 Å². The molecular formula is C65H42N4S. The Morgan fingerprint density at radius 2 is 0.786 bits per heavy atom. The summed E-state index contributed by atoms with van der Waals surface area (Å²) in [6.07, 6.45) is 0. The van der Waals surface area contributed by atoms with E-state index < -0.39 is 0 Å². The van der Waals surface area contributed by atoms with E-state index in [0.717, 1.165) is 55.9 Å². The summed E-state index contributed by atoms with van der Waals surface area (Å²) in [5, 5.41) is 13.1. The van der Waals surface area contributed by atoms with Crippen LogP contribution in [0.5, 0.6) is 0 Å². The second-order valence-corrected chi connectivity index (χ2v) is 19.1. The maximum Gasteiger partial charge on any atom is 0.124 e. The highest BCUT2D eigenvalue weighted by molar-refractivity contribution is 7.21. The summed E-state index contributed by atoms with van der Waals surface area (Å²) in [5.41, 5.74) is 12.3. The molecule has 0 radical (unpaired) electrons. The normalized spacial score (nSPS) is 11.7. The Labute approximate surface area is 408 Å². The quantitative estimate of drug-likeness (QED) is 0.142. The molecule has 0 unspecified atom stereocenters. The Morgan fingerprint density at radius 3 is 1.44 bits per heavy atom.